The molecule has 0 atom stereocenters. The van der Waals surface area contributed by atoms with Crippen molar-refractivity contribution < 1.29 is 17.9 Å². The van der Waals surface area contributed by atoms with E-state index in [0.717, 1.165) is 11.1 Å². The Morgan fingerprint density at radius 2 is 1.77 bits per heavy atom. The first-order valence-electron chi connectivity index (χ1n) is 9.57. The van der Waals surface area contributed by atoms with Crippen LogP contribution in [0.1, 0.15) is 32.3 Å². The zero-order valence-corrected chi connectivity index (χ0v) is 18.9. The smallest absolute Gasteiger partial charge is 0.241 e. The molecular formula is C23H23ClN2O4S. The molecule has 3 N–H and O–H groups in total. The van der Waals surface area contributed by atoms with E-state index in [4.69, 9.17) is 21.5 Å². The molecule has 3 rings (SSSR count). The van der Waals surface area contributed by atoms with E-state index in [0.29, 0.717) is 22.0 Å². The number of sulfonamides is 1. The van der Waals surface area contributed by atoms with Gasteiger partial charge in [-0.2, -0.15) is 0 Å². The number of hydrogen-bond donors (Lipinski definition) is 2. The molecule has 0 aliphatic rings. The van der Waals surface area contributed by atoms with Crippen LogP contribution >= 0.6 is 11.6 Å². The maximum atomic E-state index is 12.3. The third kappa shape index (κ3) is 5.44. The van der Waals surface area contributed by atoms with Crippen LogP contribution in [-0.4, -0.2) is 14.3 Å². The molecule has 1 amide bonds. The van der Waals surface area contributed by atoms with E-state index in [2.05, 4.69) is 5.32 Å². The quantitative estimate of drug-likeness (QED) is 0.507. The zero-order chi connectivity index (χ0) is 22.8. The molecule has 0 aliphatic heterocycles. The Balaban J connectivity index is 2.15. The number of anilines is 1. The zero-order valence-electron chi connectivity index (χ0n) is 17.3. The normalized spacial score (nSPS) is 11.4. The monoisotopic (exact) mass is 458 g/mol. The Labute approximate surface area is 187 Å². The summed E-state index contributed by atoms with van der Waals surface area (Å²) in [5.74, 6) is 0.367. The molecule has 3 aromatic carbocycles. The van der Waals surface area contributed by atoms with E-state index >= 15 is 0 Å². The molecular weight excluding hydrogens is 436 g/mol. The summed E-state index contributed by atoms with van der Waals surface area (Å²) in [7, 11) is -4.08. The third-order valence-corrected chi connectivity index (χ3v) is 5.75. The number of ether oxygens (including phenoxy) is 1. The third-order valence-electron chi connectivity index (χ3n) is 4.58. The van der Waals surface area contributed by atoms with Crippen LogP contribution in [-0.2, 0) is 14.8 Å². The first kappa shape index (κ1) is 22.8. The summed E-state index contributed by atoms with van der Waals surface area (Å²) >= 11 is 5.99. The van der Waals surface area contributed by atoms with Crippen molar-refractivity contribution in [3.63, 3.8) is 0 Å². The fraction of sp³-hybridized carbons (Fsp3) is 0.174. The molecule has 0 radical (unpaired) electrons. The van der Waals surface area contributed by atoms with Crippen LogP contribution in [0.5, 0.6) is 11.5 Å². The summed E-state index contributed by atoms with van der Waals surface area (Å²) in [6.45, 7) is 5.45. The molecule has 8 heteroatoms. The Hall–Kier alpha value is -2.87. The average Bonchev–Trinajstić information content (AvgIpc) is 2.66. The SMILES string of the molecule is CC(=O)Nc1cccc(-c2ccc(Oc3cccc(Cl)c3)c(S(N)(=O)=O)c2)c1C(C)C. The summed E-state index contributed by atoms with van der Waals surface area (Å²) in [4.78, 5) is 11.5. The number of halogens is 1. The Kier molecular flexibility index (Phi) is 6.69. The molecule has 0 spiro atoms. The molecule has 0 fully saturated rings. The van der Waals surface area contributed by atoms with Crippen LogP contribution in [0.15, 0.2) is 65.6 Å². The largest absolute Gasteiger partial charge is 0.456 e. The first-order valence-corrected chi connectivity index (χ1v) is 11.5. The topological polar surface area (TPSA) is 98.5 Å². The van der Waals surface area contributed by atoms with Crippen LogP contribution < -0.4 is 15.2 Å². The minimum atomic E-state index is -4.08. The Morgan fingerprint density at radius 3 is 2.39 bits per heavy atom. The highest BCUT2D eigenvalue weighted by Gasteiger charge is 2.20. The summed E-state index contributed by atoms with van der Waals surface area (Å²) in [5.41, 5.74) is 3.00. The number of rotatable bonds is 6. The van der Waals surface area contributed by atoms with Crippen molar-refractivity contribution in [2.45, 2.75) is 31.6 Å². The lowest BCUT2D eigenvalue weighted by molar-refractivity contribution is -0.114. The number of nitrogens with one attached hydrogen (secondary N) is 1. The van der Waals surface area contributed by atoms with Gasteiger partial charge < -0.3 is 10.1 Å². The number of nitrogens with two attached hydrogens (primary N) is 1. The first-order chi connectivity index (χ1) is 14.6. The highest BCUT2D eigenvalue weighted by Crippen LogP contribution is 2.38. The molecule has 162 valence electrons. The Morgan fingerprint density at radius 1 is 1.06 bits per heavy atom. The van der Waals surface area contributed by atoms with Gasteiger partial charge in [-0.1, -0.05) is 49.7 Å². The highest BCUT2D eigenvalue weighted by molar-refractivity contribution is 7.89. The van der Waals surface area contributed by atoms with Crippen LogP contribution in [0, 0.1) is 0 Å². The van der Waals surface area contributed by atoms with Crippen LogP contribution in [0.25, 0.3) is 11.1 Å². The second kappa shape index (κ2) is 9.09. The van der Waals surface area contributed by atoms with Gasteiger partial charge in [-0.25, -0.2) is 13.6 Å². The summed E-state index contributed by atoms with van der Waals surface area (Å²) in [6, 6.07) is 16.9. The number of primary sulfonamides is 1. The molecule has 6 nitrogen and oxygen atoms in total. The summed E-state index contributed by atoms with van der Waals surface area (Å²) in [5, 5.41) is 8.79. The van der Waals surface area contributed by atoms with E-state index in [9.17, 15) is 13.2 Å². The highest BCUT2D eigenvalue weighted by atomic mass is 35.5. The van der Waals surface area contributed by atoms with Gasteiger partial charge in [0.2, 0.25) is 15.9 Å². The van der Waals surface area contributed by atoms with Gasteiger partial charge in [-0.3, -0.25) is 4.79 Å². The minimum absolute atomic E-state index is 0.0679. The maximum Gasteiger partial charge on any atom is 0.241 e. The molecule has 3 aromatic rings. The van der Waals surface area contributed by atoms with Gasteiger partial charge in [-0.05, 0) is 59.0 Å². The van der Waals surface area contributed by atoms with Crippen LogP contribution in [0.3, 0.4) is 0 Å². The van der Waals surface area contributed by atoms with E-state index in [-0.39, 0.29) is 22.5 Å². The van der Waals surface area contributed by atoms with Crippen molar-refractivity contribution in [3.05, 3.63) is 71.2 Å². The van der Waals surface area contributed by atoms with E-state index in [1.165, 1.54) is 13.0 Å². The van der Waals surface area contributed by atoms with E-state index in [1.807, 2.05) is 26.0 Å². The average molecular weight is 459 g/mol. The van der Waals surface area contributed by atoms with Gasteiger partial charge in [0.05, 0.1) is 0 Å². The van der Waals surface area contributed by atoms with Gasteiger partial charge in [0.1, 0.15) is 16.4 Å². The van der Waals surface area contributed by atoms with Crippen molar-refractivity contribution in [2.75, 3.05) is 5.32 Å². The van der Waals surface area contributed by atoms with Crippen LogP contribution in [0.4, 0.5) is 5.69 Å². The second-order valence-corrected chi connectivity index (χ2v) is 9.33. The van der Waals surface area contributed by atoms with Crippen molar-refractivity contribution in [3.8, 4) is 22.6 Å². The molecule has 0 bridgehead atoms. The lowest BCUT2D eigenvalue weighted by Crippen LogP contribution is -2.13. The van der Waals surface area contributed by atoms with Gasteiger partial charge in [0, 0.05) is 17.6 Å². The van der Waals surface area contributed by atoms with Gasteiger partial charge in [0.15, 0.2) is 0 Å². The maximum absolute atomic E-state index is 12.3. The predicted octanol–water partition coefficient (Wildman–Crippen LogP) is 5.53. The number of benzene rings is 3. The summed E-state index contributed by atoms with van der Waals surface area (Å²) in [6.07, 6.45) is 0. The van der Waals surface area contributed by atoms with Gasteiger partial charge in [0.25, 0.3) is 0 Å². The van der Waals surface area contributed by atoms with Crippen molar-refractivity contribution >= 4 is 33.2 Å². The van der Waals surface area contributed by atoms with E-state index in [1.54, 1.807) is 42.5 Å². The van der Waals surface area contributed by atoms with E-state index < -0.39 is 10.0 Å². The van der Waals surface area contributed by atoms with Crippen molar-refractivity contribution in [1.29, 1.82) is 0 Å². The fourth-order valence-corrected chi connectivity index (χ4v) is 4.24. The Bertz CT molecular complexity index is 1240. The molecule has 0 saturated carbocycles. The van der Waals surface area contributed by atoms with Gasteiger partial charge in [-0.15, -0.1) is 0 Å². The molecule has 0 heterocycles. The minimum Gasteiger partial charge on any atom is -0.456 e. The number of carbonyl (C=O) groups excluding carboxylic acids is 1. The number of hydrogen-bond acceptors (Lipinski definition) is 4. The lowest BCUT2D eigenvalue weighted by atomic mass is 9.91. The molecule has 0 aromatic heterocycles. The predicted molar refractivity (Wildman–Crippen MR) is 123 cm³/mol. The van der Waals surface area contributed by atoms with Crippen LogP contribution in [0.2, 0.25) is 5.02 Å². The molecule has 31 heavy (non-hydrogen) atoms. The molecule has 0 aliphatic carbocycles. The summed E-state index contributed by atoms with van der Waals surface area (Å²) < 4.78 is 30.4. The fourth-order valence-electron chi connectivity index (χ4n) is 3.38. The number of carbonyl (C=O) groups is 1. The van der Waals surface area contributed by atoms with Crippen molar-refractivity contribution in [2.24, 2.45) is 5.14 Å². The second-order valence-electron chi connectivity index (χ2n) is 7.37. The number of amides is 1. The standard InChI is InChI=1S/C23H23ClN2O4S/c1-14(2)23-19(8-5-9-20(23)26-15(3)27)16-10-11-21(22(12-16)31(25,28)29)30-18-7-4-6-17(24)13-18/h4-14H,1-3H3,(H,26,27)(H2,25,28,29). The molecule has 0 saturated heterocycles. The van der Waals surface area contributed by atoms with Crippen molar-refractivity contribution in [1.82, 2.24) is 0 Å². The lowest BCUT2D eigenvalue weighted by Gasteiger charge is -2.19. The molecule has 0 unspecified atom stereocenters. The van der Waals surface area contributed by atoms with Gasteiger partial charge >= 0.3 is 0 Å².